The van der Waals surface area contributed by atoms with E-state index in [4.69, 9.17) is 4.74 Å². The van der Waals surface area contributed by atoms with Crippen LogP contribution in [0.15, 0.2) is 41.3 Å². The van der Waals surface area contributed by atoms with Crippen LogP contribution in [-0.4, -0.2) is 26.4 Å². The van der Waals surface area contributed by atoms with E-state index in [2.05, 4.69) is 0 Å². The lowest BCUT2D eigenvalue weighted by Crippen LogP contribution is -2.31. The van der Waals surface area contributed by atoms with Crippen LogP contribution in [0.25, 0.3) is 0 Å². The van der Waals surface area contributed by atoms with Gasteiger partial charge in [-0.3, -0.25) is 0 Å². The first-order valence-electron chi connectivity index (χ1n) is 7.69. The fraction of sp³-hybridized carbons (Fsp3) is 0.333. The van der Waals surface area contributed by atoms with Gasteiger partial charge in [0.1, 0.15) is 0 Å². The molecule has 130 valence electrons. The standard InChI is InChI=1S/C18H22FNO3S/c1-5-20(12-15-8-9-17(23-4)16(19)11-15)24(21,22)18-10-13(2)6-7-14(18)3/h6-11H,5,12H2,1-4H3. The second-order valence-corrected chi connectivity index (χ2v) is 7.58. The molecule has 4 nitrogen and oxygen atoms in total. The lowest BCUT2D eigenvalue weighted by atomic mass is 10.2. The van der Waals surface area contributed by atoms with Crippen molar-refractivity contribution in [2.24, 2.45) is 0 Å². The van der Waals surface area contributed by atoms with E-state index in [-0.39, 0.29) is 12.3 Å². The Labute approximate surface area is 142 Å². The highest BCUT2D eigenvalue weighted by atomic mass is 32.2. The van der Waals surface area contributed by atoms with Gasteiger partial charge in [-0.1, -0.05) is 25.1 Å². The molecule has 2 rings (SSSR count). The van der Waals surface area contributed by atoms with Crippen molar-refractivity contribution in [3.63, 3.8) is 0 Å². The molecule has 2 aromatic carbocycles. The maximum atomic E-state index is 13.8. The van der Waals surface area contributed by atoms with Gasteiger partial charge in [-0.15, -0.1) is 0 Å². The summed E-state index contributed by atoms with van der Waals surface area (Å²) in [6.07, 6.45) is 0. The van der Waals surface area contributed by atoms with Crippen LogP contribution in [0, 0.1) is 19.7 Å². The van der Waals surface area contributed by atoms with Crippen molar-refractivity contribution in [1.82, 2.24) is 4.31 Å². The molecule has 0 bridgehead atoms. The summed E-state index contributed by atoms with van der Waals surface area (Å²) in [7, 11) is -2.26. The minimum atomic E-state index is -3.65. The Hall–Kier alpha value is -1.92. The van der Waals surface area contributed by atoms with Crippen molar-refractivity contribution >= 4 is 10.0 Å². The lowest BCUT2D eigenvalue weighted by molar-refractivity contribution is 0.384. The van der Waals surface area contributed by atoms with E-state index in [9.17, 15) is 12.8 Å². The van der Waals surface area contributed by atoms with E-state index >= 15 is 0 Å². The van der Waals surface area contributed by atoms with Crippen LogP contribution >= 0.6 is 0 Å². The molecule has 24 heavy (non-hydrogen) atoms. The lowest BCUT2D eigenvalue weighted by Gasteiger charge is -2.22. The molecule has 0 heterocycles. The van der Waals surface area contributed by atoms with Gasteiger partial charge in [0, 0.05) is 13.1 Å². The van der Waals surface area contributed by atoms with Crippen LogP contribution in [-0.2, 0) is 16.6 Å². The summed E-state index contributed by atoms with van der Waals surface area (Å²) in [5.41, 5.74) is 2.15. The second-order valence-electron chi connectivity index (χ2n) is 5.67. The van der Waals surface area contributed by atoms with E-state index in [0.717, 1.165) is 5.56 Å². The highest BCUT2D eigenvalue weighted by Crippen LogP contribution is 2.24. The van der Waals surface area contributed by atoms with Gasteiger partial charge in [-0.25, -0.2) is 12.8 Å². The Morgan fingerprint density at radius 3 is 2.42 bits per heavy atom. The molecule has 0 aliphatic carbocycles. The van der Waals surface area contributed by atoms with Gasteiger partial charge >= 0.3 is 0 Å². The molecule has 0 saturated carbocycles. The molecule has 0 spiro atoms. The molecule has 6 heteroatoms. The van der Waals surface area contributed by atoms with Gasteiger partial charge in [-0.2, -0.15) is 4.31 Å². The number of hydrogen-bond donors (Lipinski definition) is 0. The summed E-state index contributed by atoms with van der Waals surface area (Å²) in [5, 5.41) is 0. The predicted molar refractivity (Wildman–Crippen MR) is 92.1 cm³/mol. The SMILES string of the molecule is CCN(Cc1ccc(OC)c(F)c1)S(=O)(=O)c1cc(C)ccc1C. The van der Waals surface area contributed by atoms with Gasteiger partial charge < -0.3 is 4.74 Å². The molecule has 0 N–H and O–H groups in total. The number of aryl methyl sites for hydroxylation is 2. The van der Waals surface area contributed by atoms with Crippen LogP contribution < -0.4 is 4.74 Å². The third-order valence-corrected chi connectivity index (χ3v) is 5.95. The summed E-state index contributed by atoms with van der Waals surface area (Å²) >= 11 is 0. The zero-order valence-corrected chi connectivity index (χ0v) is 15.2. The van der Waals surface area contributed by atoms with E-state index < -0.39 is 15.8 Å². The predicted octanol–water partition coefficient (Wildman–Crippen LogP) is 3.66. The number of halogens is 1. The van der Waals surface area contributed by atoms with Crippen molar-refractivity contribution in [2.75, 3.05) is 13.7 Å². The molecule has 0 amide bonds. The topological polar surface area (TPSA) is 46.6 Å². The summed E-state index contributed by atoms with van der Waals surface area (Å²) in [4.78, 5) is 0.290. The fourth-order valence-corrected chi connectivity index (χ4v) is 4.25. The molecule has 0 saturated heterocycles. The van der Waals surface area contributed by atoms with E-state index in [1.807, 2.05) is 13.0 Å². The van der Waals surface area contributed by atoms with Crippen LogP contribution in [0.3, 0.4) is 0 Å². The molecule has 0 aliphatic heterocycles. The summed E-state index contributed by atoms with van der Waals surface area (Å²) < 4.78 is 46.0. The number of ether oxygens (including phenoxy) is 1. The van der Waals surface area contributed by atoms with Crippen LogP contribution in [0.2, 0.25) is 0 Å². The molecule has 0 aliphatic rings. The molecule has 0 unspecified atom stereocenters. The Morgan fingerprint density at radius 2 is 1.83 bits per heavy atom. The number of nitrogens with zero attached hydrogens (tertiary/aromatic N) is 1. The van der Waals surface area contributed by atoms with Crippen molar-refractivity contribution in [3.05, 3.63) is 58.9 Å². The number of sulfonamides is 1. The Morgan fingerprint density at radius 1 is 1.12 bits per heavy atom. The Bertz CT molecular complexity index is 834. The maximum Gasteiger partial charge on any atom is 0.243 e. The Balaban J connectivity index is 2.36. The van der Waals surface area contributed by atoms with Crippen molar-refractivity contribution in [3.8, 4) is 5.75 Å². The van der Waals surface area contributed by atoms with Crippen LogP contribution in [0.4, 0.5) is 4.39 Å². The number of rotatable bonds is 6. The monoisotopic (exact) mass is 351 g/mol. The van der Waals surface area contributed by atoms with E-state index in [1.165, 1.54) is 23.5 Å². The zero-order chi connectivity index (χ0) is 17.9. The molecule has 0 aromatic heterocycles. The normalized spacial score (nSPS) is 11.8. The van der Waals surface area contributed by atoms with Crippen LogP contribution in [0.5, 0.6) is 5.75 Å². The first-order valence-corrected chi connectivity index (χ1v) is 9.13. The van der Waals surface area contributed by atoms with Crippen molar-refractivity contribution in [1.29, 1.82) is 0 Å². The minimum Gasteiger partial charge on any atom is -0.494 e. The molecular formula is C18H22FNO3S. The van der Waals surface area contributed by atoms with Gasteiger partial charge in [0.25, 0.3) is 0 Å². The number of benzene rings is 2. The minimum absolute atomic E-state index is 0.104. The van der Waals surface area contributed by atoms with Crippen LogP contribution in [0.1, 0.15) is 23.6 Å². The highest BCUT2D eigenvalue weighted by Gasteiger charge is 2.25. The summed E-state index contributed by atoms with van der Waals surface area (Å²) in [5.74, 6) is -0.366. The third kappa shape index (κ3) is 3.76. The number of hydrogen-bond acceptors (Lipinski definition) is 3. The smallest absolute Gasteiger partial charge is 0.243 e. The van der Waals surface area contributed by atoms with Gasteiger partial charge in [0.2, 0.25) is 10.0 Å². The summed E-state index contributed by atoms with van der Waals surface area (Å²) in [6, 6.07) is 9.82. The molecule has 0 radical (unpaired) electrons. The average Bonchev–Trinajstić information content (AvgIpc) is 2.54. The highest BCUT2D eigenvalue weighted by molar-refractivity contribution is 7.89. The molecule has 0 atom stereocenters. The van der Waals surface area contributed by atoms with E-state index in [0.29, 0.717) is 22.6 Å². The Kier molecular flexibility index (Phi) is 5.62. The van der Waals surface area contributed by atoms with Crippen molar-refractivity contribution in [2.45, 2.75) is 32.2 Å². The van der Waals surface area contributed by atoms with E-state index in [1.54, 1.807) is 32.0 Å². The quantitative estimate of drug-likeness (QED) is 0.798. The maximum absolute atomic E-state index is 13.8. The number of methoxy groups -OCH3 is 1. The third-order valence-electron chi connectivity index (χ3n) is 3.89. The fourth-order valence-electron chi connectivity index (χ4n) is 2.50. The first kappa shape index (κ1) is 18.4. The van der Waals surface area contributed by atoms with Gasteiger partial charge in [-0.05, 0) is 48.7 Å². The zero-order valence-electron chi connectivity index (χ0n) is 14.3. The van der Waals surface area contributed by atoms with Crippen molar-refractivity contribution < 1.29 is 17.5 Å². The summed E-state index contributed by atoms with van der Waals surface area (Å²) in [6.45, 7) is 5.79. The largest absolute Gasteiger partial charge is 0.494 e. The van der Waals surface area contributed by atoms with Gasteiger partial charge in [0.05, 0.1) is 12.0 Å². The molecule has 0 fully saturated rings. The molecule has 2 aromatic rings. The van der Waals surface area contributed by atoms with Gasteiger partial charge in [0.15, 0.2) is 11.6 Å². The molecular weight excluding hydrogens is 329 g/mol. The average molecular weight is 351 g/mol. The second kappa shape index (κ2) is 7.32. The first-order chi connectivity index (χ1) is 11.3.